The van der Waals surface area contributed by atoms with Crippen LogP contribution in [-0.2, 0) is 71.9 Å². The lowest BCUT2D eigenvalue weighted by Crippen LogP contribution is -2.46. The van der Waals surface area contributed by atoms with E-state index < -0.39 is 95.0 Å². The van der Waals surface area contributed by atoms with Crippen LogP contribution in [0.25, 0.3) is 22.3 Å². The van der Waals surface area contributed by atoms with Gasteiger partial charge in [-0.25, -0.2) is 24.0 Å². The van der Waals surface area contributed by atoms with Gasteiger partial charge in [0.15, 0.2) is 11.6 Å². The fraction of sp³-hybridized carbons (Fsp3) is 0.480. The molecule has 5 amide bonds. The minimum Gasteiger partial charge on any atom is -0.493 e. The summed E-state index contributed by atoms with van der Waals surface area (Å²) in [5.74, 6) is -2.28. The molecule has 8 bridgehead atoms. The zero-order chi connectivity index (χ0) is 73.9. The summed E-state index contributed by atoms with van der Waals surface area (Å²) in [5.41, 5.74) is 4.54. The molecule has 0 saturated carbocycles. The highest BCUT2D eigenvalue weighted by molar-refractivity contribution is 5.95. The van der Waals surface area contributed by atoms with E-state index in [9.17, 15) is 43.2 Å². The van der Waals surface area contributed by atoms with Gasteiger partial charge in [-0.05, 0) is 138 Å². The zero-order valence-corrected chi connectivity index (χ0v) is 60.2. The maximum absolute atomic E-state index is 14.2. The molecule has 100 heavy (non-hydrogen) atoms. The molecule has 0 saturated heterocycles. The maximum Gasteiger partial charge on any atom is 0.410 e. The number of hydrogen-bond acceptors (Lipinski definition) is 20. The summed E-state index contributed by atoms with van der Waals surface area (Å²) in [7, 11) is 6.67. The van der Waals surface area contributed by atoms with Gasteiger partial charge in [-0.2, -0.15) is 0 Å². The number of carbonyl (C=O) groups is 9. The van der Waals surface area contributed by atoms with E-state index in [-0.39, 0.29) is 64.4 Å². The fourth-order valence-corrected chi connectivity index (χ4v) is 10.7. The van der Waals surface area contributed by atoms with Crippen molar-refractivity contribution >= 4 is 53.6 Å². The molecular weight excluding hydrogens is 1290 g/mol. The summed E-state index contributed by atoms with van der Waals surface area (Å²) in [6.45, 7) is 19.3. The number of fused-ring (bicyclic) bond motifs is 10. The summed E-state index contributed by atoms with van der Waals surface area (Å²) < 4.78 is 51.0. The van der Waals surface area contributed by atoms with Crippen molar-refractivity contribution in [2.75, 3.05) is 74.9 Å². The van der Waals surface area contributed by atoms with E-state index in [1.54, 1.807) is 98.8 Å². The molecule has 5 aromatic rings. The van der Waals surface area contributed by atoms with Gasteiger partial charge >= 0.3 is 30.2 Å². The fourth-order valence-electron chi connectivity index (χ4n) is 10.7. The van der Waals surface area contributed by atoms with Crippen molar-refractivity contribution < 1.29 is 90.9 Å². The molecule has 6 atom stereocenters. The number of aliphatic hydroxyl groups is 1. The molecule has 5 aromatic carbocycles. The third-order valence-electron chi connectivity index (χ3n) is 15.5. The van der Waals surface area contributed by atoms with Gasteiger partial charge in [-0.3, -0.25) is 24.1 Å². The smallest absolute Gasteiger partial charge is 0.410 e. The van der Waals surface area contributed by atoms with Crippen molar-refractivity contribution in [1.29, 1.82) is 0 Å². The van der Waals surface area contributed by atoms with Gasteiger partial charge < -0.3 is 74.3 Å². The van der Waals surface area contributed by atoms with Crippen LogP contribution >= 0.6 is 0 Å². The molecular formula is C75H100N6O19. The van der Waals surface area contributed by atoms with Crippen molar-refractivity contribution in [2.45, 2.75) is 150 Å². The predicted octanol–water partition coefficient (Wildman–Crippen LogP) is 9.89. The Balaban J connectivity index is 0.000000359. The first-order chi connectivity index (χ1) is 47.6. The third-order valence-corrected chi connectivity index (χ3v) is 15.5. The maximum atomic E-state index is 14.2. The number of esters is 2. The number of benzene rings is 5. The number of carbonyl (C=O) groups excluding carboxylic acids is 9. The van der Waals surface area contributed by atoms with Gasteiger partial charge in [-0.15, -0.1) is 0 Å². The minimum absolute atomic E-state index is 0.00995. The third kappa shape index (κ3) is 24.6. The van der Waals surface area contributed by atoms with Crippen molar-refractivity contribution in [2.24, 2.45) is 11.8 Å². The Kier molecular flexibility index (Phi) is 31.7. The standard InChI is InChI=1S/C41H51N3O10.C33H45N3O8.CH4O/c1-8-19-51-35-17-15-29-24-31(35)30-22-28(14-16-34(30)52-20-18-42-39(48)54-41(3,4)5)23-32(38(47)50-7)43-37(46)26(2)21-33(45)36(29)44(6)40(49)53-25-27-12-10-9-11-13-27;1-8-14-42-28-12-10-22-19-24(28)23-17-21(9-11-27(23)43-15-13-35-32(40)44-33(3,4)5)18-25(31(39)41-7)36-30(38)20(2)16-26(37)29(22)34-6;1-2/h9-17,22,24,26,32,36H,8,18-21,23,25H2,1-7H3,(H,42,48)(H,43,46);9-12,17,19-20,25,29,34H,8,13-16,18H2,1-7H3,(H,35,40)(H,36,38);2H,1H3/t26-,32+,36+;20-,25+,29+;/m11./s1. The lowest BCUT2D eigenvalue weighted by molar-refractivity contribution is -0.146. The topological polar surface area (TPSA) is 320 Å². The summed E-state index contributed by atoms with van der Waals surface area (Å²) in [4.78, 5) is 119. The van der Waals surface area contributed by atoms with Crippen molar-refractivity contribution in [3.63, 3.8) is 0 Å². The van der Waals surface area contributed by atoms with Crippen LogP contribution < -0.4 is 45.5 Å². The first-order valence-electron chi connectivity index (χ1n) is 33.4. The summed E-state index contributed by atoms with van der Waals surface area (Å²) in [5, 5.41) is 21.0. The molecule has 2 aliphatic rings. The SMILES string of the molecule is CCCOc1ccc2cc1-c1cc(ccc1OCCNC(=O)OC(C)(C)C)C[C@@H](C(=O)OC)NC(=O)[C@H](C)CC(=O)[C@H]2N(C)C(=O)OCc1ccccc1.CCCOc1ccc2cc1-c1cc(ccc1OCCNC(=O)OC(C)(C)C)C[C@@H](C(=O)OC)NC(=O)[C@H](C)CC(=O)[C@H]2NC.CO. The lowest BCUT2D eigenvalue weighted by Gasteiger charge is -2.29. The summed E-state index contributed by atoms with van der Waals surface area (Å²) in [6, 6.07) is 26.9. The first-order valence-corrected chi connectivity index (χ1v) is 33.4. The number of likely N-dealkylation sites (N-methyl/N-ethyl adjacent to an activating group) is 2. The molecule has 0 unspecified atom stereocenters. The van der Waals surface area contributed by atoms with Gasteiger partial charge in [0.05, 0.1) is 46.6 Å². The molecule has 25 nitrogen and oxygen atoms in total. The molecule has 0 aliphatic carbocycles. The highest BCUT2D eigenvalue weighted by atomic mass is 16.6. The number of aliphatic hydroxyl groups excluding tert-OH is 1. The Labute approximate surface area is 586 Å². The minimum atomic E-state index is -1.16. The molecule has 2 aliphatic heterocycles. The molecule has 7 rings (SSSR count). The quantitative estimate of drug-likeness (QED) is 0.0240. The second-order valence-electron chi connectivity index (χ2n) is 25.9. The van der Waals surface area contributed by atoms with Crippen LogP contribution in [0.5, 0.6) is 23.0 Å². The Morgan fingerprint density at radius 1 is 0.540 bits per heavy atom. The average molecular weight is 1390 g/mol. The van der Waals surface area contributed by atoms with E-state index in [2.05, 4.69) is 26.6 Å². The van der Waals surface area contributed by atoms with Crippen molar-refractivity contribution in [3.8, 4) is 45.3 Å². The lowest BCUT2D eigenvalue weighted by atomic mass is 9.90. The Morgan fingerprint density at radius 2 is 0.940 bits per heavy atom. The largest absolute Gasteiger partial charge is 0.493 e. The number of amides is 5. The number of hydrogen-bond donors (Lipinski definition) is 6. The molecule has 0 fully saturated rings. The second kappa shape index (κ2) is 39.1. The normalized spacial score (nSPS) is 17.7. The molecule has 6 N–H and O–H groups in total. The van der Waals surface area contributed by atoms with Crippen LogP contribution in [0.1, 0.15) is 135 Å². The van der Waals surface area contributed by atoms with Crippen LogP contribution in [0.15, 0.2) is 103 Å². The van der Waals surface area contributed by atoms with Crippen molar-refractivity contribution in [3.05, 3.63) is 131 Å². The number of nitrogens with zero attached hydrogens (tertiary/aromatic N) is 1. The molecule has 0 radical (unpaired) electrons. The molecule has 0 aromatic heterocycles. The number of Topliss-reactive ketones (excluding diaryl/α,β-unsaturated/α-hetero) is 2. The first kappa shape index (κ1) is 80.9. The Bertz CT molecular complexity index is 3590. The van der Waals surface area contributed by atoms with E-state index in [4.69, 9.17) is 47.7 Å². The van der Waals surface area contributed by atoms with E-state index in [0.717, 1.165) is 31.1 Å². The number of ether oxygens (including phenoxy) is 9. The van der Waals surface area contributed by atoms with Gasteiger partial charge in [0.1, 0.15) is 72.1 Å². The zero-order valence-electron chi connectivity index (χ0n) is 60.2. The number of rotatable bonds is 20. The van der Waals surface area contributed by atoms with E-state index in [1.807, 2.05) is 80.6 Å². The van der Waals surface area contributed by atoms with E-state index in [1.165, 1.54) is 26.2 Å². The second-order valence-corrected chi connectivity index (χ2v) is 25.9. The van der Waals surface area contributed by atoms with Crippen LogP contribution in [0, 0.1) is 11.8 Å². The monoisotopic (exact) mass is 1390 g/mol. The summed E-state index contributed by atoms with van der Waals surface area (Å²) >= 11 is 0. The van der Waals surface area contributed by atoms with Crippen LogP contribution in [0.4, 0.5) is 14.4 Å². The molecule has 0 spiro atoms. The molecule has 25 heteroatoms. The van der Waals surface area contributed by atoms with Gasteiger partial charge in [-0.1, -0.05) is 82.3 Å². The van der Waals surface area contributed by atoms with E-state index in [0.29, 0.717) is 75.2 Å². The summed E-state index contributed by atoms with van der Waals surface area (Å²) in [6.07, 6.45) is -0.405. The molecule has 2 heterocycles. The van der Waals surface area contributed by atoms with Crippen LogP contribution in [0.3, 0.4) is 0 Å². The number of alkyl carbamates (subject to hydrolysis) is 2. The van der Waals surface area contributed by atoms with Crippen LogP contribution in [0.2, 0.25) is 0 Å². The number of ketones is 2. The van der Waals surface area contributed by atoms with Gasteiger partial charge in [0, 0.05) is 73.9 Å². The number of methoxy groups -OCH3 is 2. The predicted molar refractivity (Wildman–Crippen MR) is 375 cm³/mol. The Hall–Kier alpha value is -9.75. The van der Waals surface area contributed by atoms with E-state index >= 15 is 0 Å². The number of nitrogens with one attached hydrogen (secondary N) is 5. The van der Waals surface area contributed by atoms with Crippen LogP contribution in [-0.4, -0.2) is 162 Å². The highest BCUT2D eigenvalue weighted by Gasteiger charge is 2.36. The van der Waals surface area contributed by atoms with Gasteiger partial charge in [0.2, 0.25) is 11.8 Å². The Morgan fingerprint density at radius 3 is 1.36 bits per heavy atom. The molecule has 544 valence electrons. The van der Waals surface area contributed by atoms with Crippen molar-refractivity contribution in [1.82, 2.24) is 31.5 Å². The average Bonchev–Trinajstić information content (AvgIpc) is 0.789. The highest BCUT2D eigenvalue weighted by Crippen LogP contribution is 2.42. The van der Waals surface area contributed by atoms with Gasteiger partial charge in [0.25, 0.3) is 0 Å².